The number of ether oxygens (including phenoxy) is 3. The molecule has 132 valence electrons. The molecule has 2 rings (SSSR count). The highest BCUT2D eigenvalue weighted by Gasteiger charge is 2.21. The number of hydrogen-bond donors (Lipinski definition) is 0. The van der Waals surface area contributed by atoms with Gasteiger partial charge in [-0.3, -0.25) is 4.79 Å². The van der Waals surface area contributed by atoms with Crippen molar-refractivity contribution in [2.24, 2.45) is 0 Å². The molecule has 0 aliphatic rings. The standard InChI is InChI=1S/C20H22O5/c1-5-24-18-12-16(10-11-17(18)23-4)20(22)25-14(3)19(21)15-8-6-13(2)7-9-15/h6-12,14H,5H2,1-4H3/t14-/m1/s1. The van der Waals surface area contributed by atoms with E-state index in [4.69, 9.17) is 14.2 Å². The quantitative estimate of drug-likeness (QED) is 0.565. The molecule has 0 fully saturated rings. The average Bonchev–Trinajstić information content (AvgIpc) is 2.61. The summed E-state index contributed by atoms with van der Waals surface area (Å²) in [5.74, 6) is 0.155. The smallest absolute Gasteiger partial charge is 0.338 e. The monoisotopic (exact) mass is 342 g/mol. The first-order valence-corrected chi connectivity index (χ1v) is 8.09. The Hall–Kier alpha value is -2.82. The molecule has 0 aliphatic heterocycles. The molecule has 2 aromatic carbocycles. The highest BCUT2D eigenvalue weighted by atomic mass is 16.5. The SMILES string of the molecule is CCOc1cc(C(=O)O[C@H](C)C(=O)c2ccc(C)cc2)ccc1OC. The van der Waals surface area contributed by atoms with E-state index in [1.807, 2.05) is 26.0 Å². The molecule has 0 amide bonds. The lowest BCUT2D eigenvalue weighted by atomic mass is 10.1. The summed E-state index contributed by atoms with van der Waals surface area (Å²) in [6.07, 6.45) is -0.882. The fourth-order valence-electron chi connectivity index (χ4n) is 2.31. The zero-order chi connectivity index (χ0) is 18.4. The number of carbonyl (C=O) groups excluding carboxylic acids is 2. The van der Waals surface area contributed by atoms with Crippen molar-refractivity contribution in [2.75, 3.05) is 13.7 Å². The van der Waals surface area contributed by atoms with Gasteiger partial charge in [-0.05, 0) is 39.0 Å². The van der Waals surface area contributed by atoms with Crippen molar-refractivity contribution in [2.45, 2.75) is 26.9 Å². The number of aryl methyl sites for hydroxylation is 1. The van der Waals surface area contributed by atoms with Crippen LogP contribution in [0.15, 0.2) is 42.5 Å². The van der Waals surface area contributed by atoms with Crippen LogP contribution in [0, 0.1) is 6.92 Å². The normalized spacial score (nSPS) is 11.5. The first-order chi connectivity index (χ1) is 12.0. The highest BCUT2D eigenvalue weighted by molar-refractivity contribution is 6.01. The predicted octanol–water partition coefficient (Wildman–Crippen LogP) is 3.83. The Kier molecular flexibility index (Phi) is 6.17. The molecule has 0 saturated carbocycles. The molecule has 0 radical (unpaired) electrons. The van der Waals surface area contributed by atoms with Gasteiger partial charge in [-0.1, -0.05) is 29.8 Å². The molecule has 5 heteroatoms. The minimum atomic E-state index is -0.882. The Morgan fingerprint density at radius 2 is 1.64 bits per heavy atom. The third-order valence-corrected chi connectivity index (χ3v) is 3.69. The summed E-state index contributed by atoms with van der Waals surface area (Å²) >= 11 is 0. The highest BCUT2D eigenvalue weighted by Crippen LogP contribution is 2.28. The third-order valence-electron chi connectivity index (χ3n) is 3.69. The topological polar surface area (TPSA) is 61.8 Å². The minimum absolute atomic E-state index is 0.244. The average molecular weight is 342 g/mol. The van der Waals surface area contributed by atoms with Gasteiger partial charge in [-0.2, -0.15) is 0 Å². The number of rotatable bonds is 7. The van der Waals surface area contributed by atoms with E-state index in [0.29, 0.717) is 29.2 Å². The molecule has 0 heterocycles. The summed E-state index contributed by atoms with van der Waals surface area (Å²) in [5.41, 5.74) is 1.87. The van der Waals surface area contributed by atoms with Crippen LogP contribution in [0.3, 0.4) is 0 Å². The summed E-state index contributed by atoms with van der Waals surface area (Å²) in [4.78, 5) is 24.7. The predicted molar refractivity (Wildman–Crippen MR) is 94.6 cm³/mol. The van der Waals surface area contributed by atoms with Gasteiger partial charge >= 0.3 is 5.97 Å². The minimum Gasteiger partial charge on any atom is -0.493 e. The van der Waals surface area contributed by atoms with E-state index in [2.05, 4.69) is 0 Å². The Labute approximate surface area is 147 Å². The second kappa shape index (κ2) is 8.33. The van der Waals surface area contributed by atoms with Gasteiger partial charge in [0.1, 0.15) is 0 Å². The molecule has 0 saturated heterocycles. The molecular formula is C20H22O5. The number of methoxy groups -OCH3 is 1. The molecule has 2 aromatic rings. The molecular weight excluding hydrogens is 320 g/mol. The summed E-state index contributed by atoms with van der Waals surface area (Å²) in [6.45, 7) is 5.79. The number of esters is 1. The molecule has 25 heavy (non-hydrogen) atoms. The zero-order valence-electron chi connectivity index (χ0n) is 14.9. The molecule has 0 aliphatic carbocycles. The summed E-state index contributed by atoms with van der Waals surface area (Å²) in [6, 6.07) is 11.9. The summed E-state index contributed by atoms with van der Waals surface area (Å²) in [5, 5.41) is 0. The number of ketones is 1. The van der Waals surface area contributed by atoms with E-state index in [-0.39, 0.29) is 5.78 Å². The second-order valence-electron chi connectivity index (χ2n) is 5.58. The maximum atomic E-state index is 12.4. The molecule has 0 aromatic heterocycles. The van der Waals surface area contributed by atoms with Gasteiger partial charge in [-0.15, -0.1) is 0 Å². The molecule has 0 unspecified atom stereocenters. The third kappa shape index (κ3) is 4.59. The van der Waals surface area contributed by atoms with Gasteiger partial charge in [0.05, 0.1) is 19.3 Å². The summed E-state index contributed by atoms with van der Waals surface area (Å²) in [7, 11) is 1.53. The van der Waals surface area contributed by atoms with Crippen molar-refractivity contribution in [3.8, 4) is 11.5 Å². The Balaban J connectivity index is 2.11. The van der Waals surface area contributed by atoms with Gasteiger partial charge < -0.3 is 14.2 Å². The van der Waals surface area contributed by atoms with E-state index >= 15 is 0 Å². The van der Waals surface area contributed by atoms with Crippen LogP contribution < -0.4 is 9.47 Å². The van der Waals surface area contributed by atoms with Crippen molar-refractivity contribution >= 4 is 11.8 Å². The van der Waals surface area contributed by atoms with Gasteiger partial charge in [-0.25, -0.2) is 4.79 Å². The Morgan fingerprint density at radius 3 is 2.24 bits per heavy atom. The molecule has 0 spiro atoms. The fraction of sp³-hybridized carbons (Fsp3) is 0.300. The van der Waals surface area contributed by atoms with Crippen molar-refractivity contribution in [3.05, 3.63) is 59.2 Å². The summed E-state index contributed by atoms with van der Waals surface area (Å²) < 4.78 is 15.9. The van der Waals surface area contributed by atoms with E-state index in [1.165, 1.54) is 7.11 Å². The van der Waals surface area contributed by atoms with Crippen molar-refractivity contribution < 1.29 is 23.8 Å². The van der Waals surface area contributed by atoms with Gasteiger partial charge in [0.2, 0.25) is 5.78 Å². The maximum Gasteiger partial charge on any atom is 0.338 e. The van der Waals surface area contributed by atoms with Crippen LogP contribution in [0.1, 0.15) is 40.1 Å². The number of carbonyl (C=O) groups is 2. The molecule has 0 bridgehead atoms. The van der Waals surface area contributed by atoms with Gasteiger partial charge in [0.15, 0.2) is 17.6 Å². The number of hydrogen-bond acceptors (Lipinski definition) is 5. The van der Waals surface area contributed by atoms with E-state index < -0.39 is 12.1 Å². The lowest BCUT2D eigenvalue weighted by Gasteiger charge is -2.14. The van der Waals surface area contributed by atoms with Crippen molar-refractivity contribution in [3.63, 3.8) is 0 Å². The van der Waals surface area contributed by atoms with Crippen LogP contribution in [0.25, 0.3) is 0 Å². The van der Waals surface area contributed by atoms with Crippen molar-refractivity contribution in [1.82, 2.24) is 0 Å². The fourth-order valence-corrected chi connectivity index (χ4v) is 2.31. The van der Waals surface area contributed by atoms with Crippen LogP contribution in [0.2, 0.25) is 0 Å². The lowest BCUT2D eigenvalue weighted by Crippen LogP contribution is -2.24. The van der Waals surface area contributed by atoms with Gasteiger partial charge in [0, 0.05) is 5.56 Å². The van der Waals surface area contributed by atoms with E-state index in [0.717, 1.165) is 5.56 Å². The van der Waals surface area contributed by atoms with E-state index in [1.54, 1.807) is 37.3 Å². The second-order valence-corrected chi connectivity index (χ2v) is 5.58. The zero-order valence-corrected chi connectivity index (χ0v) is 14.9. The number of Topliss-reactive ketones (excluding diaryl/α,β-unsaturated/α-hetero) is 1. The molecule has 1 atom stereocenters. The van der Waals surface area contributed by atoms with Crippen LogP contribution in [0.5, 0.6) is 11.5 Å². The Morgan fingerprint density at radius 1 is 1.00 bits per heavy atom. The van der Waals surface area contributed by atoms with Crippen molar-refractivity contribution in [1.29, 1.82) is 0 Å². The van der Waals surface area contributed by atoms with Gasteiger partial charge in [0.25, 0.3) is 0 Å². The van der Waals surface area contributed by atoms with Crippen LogP contribution in [0.4, 0.5) is 0 Å². The van der Waals surface area contributed by atoms with Crippen LogP contribution in [-0.2, 0) is 4.74 Å². The first-order valence-electron chi connectivity index (χ1n) is 8.09. The largest absolute Gasteiger partial charge is 0.493 e. The molecule has 0 N–H and O–H groups in total. The van der Waals surface area contributed by atoms with Crippen LogP contribution >= 0.6 is 0 Å². The van der Waals surface area contributed by atoms with E-state index in [9.17, 15) is 9.59 Å². The van der Waals surface area contributed by atoms with Crippen LogP contribution in [-0.4, -0.2) is 31.6 Å². The maximum absolute atomic E-state index is 12.4. The molecule has 5 nitrogen and oxygen atoms in total. The lowest BCUT2D eigenvalue weighted by molar-refractivity contribution is 0.0318. The first kappa shape index (κ1) is 18.5. The number of benzene rings is 2. The Bertz CT molecular complexity index is 749.